The molecule has 0 saturated carbocycles. The number of aromatic amines is 1. The van der Waals surface area contributed by atoms with E-state index in [2.05, 4.69) is 10.3 Å². The zero-order chi connectivity index (χ0) is 12.9. The van der Waals surface area contributed by atoms with Crippen molar-refractivity contribution in [3.8, 4) is 5.75 Å². The first-order valence-electron chi connectivity index (χ1n) is 5.88. The van der Waals surface area contributed by atoms with Gasteiger partial charge in [0, 0.05) is 35.1 Å². The van der Waals surface area contributed by atoms with Gasteiger partial charge in [0.05, 0.1) is 0 Å². The minimum Gasteiger partial charge on any atom is -0.508 e. The highest BCUT2D eigenvalue weighted by atomic mass is 16.4. The smallest absolute Gasteiger partial charge is 0.321 e. The topological polar surface area (TPSA) is 85.4 Å². The predicted octanol–water partition coefficient (Wildman–Crippen LogP) is 1.53. The summed E-state index contributed by atoms with van der Waals surface area (Å²) in [6, 6.07) is 4.52. The molecule has 2 aromatic rings. The van der Waals surface area contributed by atoms with Gasteiger partial charge in [-0.15, -0.1) is 0 Å². The molecular formula is C13H14N2O3. The molecule has 0 aliphatic carbocycles. The molecule has 2 unspecified atom stereocenters. The standard InChI is InChI=1S/C13H14N2O3/c1-6-12-9(5-11(14-6)13(17)18)8-3-2-7(16)4-10(8)15-12/h2-4,6,11,14-16H,5H2,1H3,(H,17,18). The molecule has 2 heterocycles. The number of phenolic OH excluding ortho intramolecular Hbond substituents is 1. The number of benzene rings is 1. The molecule has 0 bridgehead atoms. The number of nitrogens with one attached hydrogen (secondary N) is 2. The maximum absolute atomic E-state index is 11.1. The maximum atomic E-state index is 11.1. The Morgan fingerprint density at radius 1 is 1.44 bits per heavy atom. The van der Waals surface area contributed by atoms with Gasteiger partial charge in [0.15, 0.2) is 0 Å². The van der Waals surface area contributed by atoms with E-state index in [-0.39, 0.29) is 11.8 Å². The fourth-order valence-corrected chi connectivity index (χ4v) is 2.66. The molecule has 94 valence electrons. The van der Waals surface area contributed by atoms with Crippen molar-refractivity contribution in [2.45, 2.75) is 25.4 Å². The van der Waals surface area contributed by atoms with Gasteiger partial charge in [0.2, 0.25) is 0 Å². The third-order valence-electron chi connectivity index (χ3n) is 3.51. The molecule has 0 saturated heterocycles. The van der Waals surface area contributed by atoms with E-state index in [4.69, 9.17) is 5.11 Å². The van der Waals surface area contributed by atoms with Gasteiger partial charge in [-0.05, 0) is 24.6 Å². The van der Waals surface area contributed by atoms with E-state index in [9.17, 15) is 9.90 Å². The van der Waals surface area contributed by atoms with Gasteiger partial charge in [0.1, 0.15) is 11.8 Å². The van der Waals surface area contributed by atoms with E-state index < -0.39 is 12.0 Å². The van der Waals surface area contributed by atoms with Gasteiger partial charge in [-0.2, -0.15) is 0 Å². The first-order valence-corrected chi connectivity index (χ1v) is 5.88. The fourth-order valence-electron chi connectivity index (χ4n) is 2.66. The monoisotopic (exact) mass is 246 g/mol. The van der Waals surface area contributed by atoms with Crippen molar-refractivity contribution < 1.29 is 15.0 Å². The lowest BCUT2D eigenvalue weighted by Crippen LogP contribution is -2.43. The minimum atomic E-state index is -0.833. The fraction of sp³-hybridized carbons (Fsp3) is 0.308. The van der Waals surface area contributed by atoms with Crippen LogP contribution in [0.2, 0.25) is 0 Å². The number of aliphatic carboxylic acids is 1. The van der Waals surface area contributed by atoms with Crippen LogP contribution in [0.3, 0.4) is 0 Å². The van der Waals surface area contributed by atoms with Crippen molar-refractivity contribution in [2.24, 2.45) is 0 Å². The van der Waals surface area contributed by atoms with E-state index in [1.165, 1.54) is 0 Å². The SMILES string of the molecule is CC1NC(C(=O)O)Cc2c1[nH]c1cc(O)ccc21. The molecule has 0 radical (unpaired) electrons. The number of carbonyl (C=O) groups is 1. The van der Waals surface area contributed by atoms with E-state index in [0.717, 1.165) is 22.2 Å². The predicted molar refractivity (Wildman–Crippen MR) is 66.6 cm³/mol. The van der Waals surface area contributed by atoms with Gasteiger partial charge in [0.25, 0.3) is 0 Å². The summed E-state index contributed by atoms with van der Waals surface area (Å²) in [4.78, 5) is 14.4. The zero-order valence-corrected chi connectivity index (χ0v) is 9.90. The molecule has 5 heteroatoms. The van der Waals surface area contributed by atoms with Gasteiger partial charge in [-0.25, -0.2) is 0 Å². The van der Waals surface area contributed by atoms with Gasteiger partial charge in [-0.1, -0.05) is 0 Å². The Labute approximate surface area is 103 Å². The van der Waals surface area contributed by atoms with Crippen molar-refractivity contribution in [2.75, 3.05) is 0 Å². The summed E-state index contributed by atoms with van der Waals surface area (Å²) in [6.07, 6.45) is 0.458. The van der Waals surface area contributed by atoms with Crippen LogP contribution < -0.4 is 5.32 Å². The number of hydrogen-bond donors (Lipinski definition) is 4. The van der Waals surface area contributed by atoms with Crippen LogP contribution in [0.25, 0.3) is 10.9 Å². The lowest BCUT2D eigenvalue weighted by atomic mass is 9.95. The quantitative estimate of drug-likeness (QED) is 0.614. The molecule has 1 aliphatic rings. The lowest BCUT2D eigenvalue weighted by molar-refractivity contribution is -0.139. The van der Waals surface area contributed by atoms with Gasteiger partial charge >= 0.3 is 5.97 Å². The van der Waals surface area contributed by atoms with Crippen LogP contribution in [0.1, 0.15) is 24.2 Å². The number of carboxylic acids is 1. The molecule has 0 fully saturated rings. The molecule has 1 aromatic heterocycles. The molecule has 4 N–H and O–H groups in total. The number of H-pyrrole nitrogens is 1. The molecule has 0 spiro atoms. The lowest BCUT2D eigenvalue weighted by Gasteiger charge is -2.26. The second kappa shape index (κ2) is 3.74. The number of fused-ring (bicyclic) bond motifs is 3. The van der Waals surface area contributed by atoms with Crippen LogP contribution in [0.5, 0.6) is 5.75 Å². The molecule has 18 heavy (non-hydrogen) atoms. The van der Waals surface area contributed by atoms with Crippen LogP contribution in [-0.4, -0.2) is 27.2 Å². The number of aromatic nitrogens is 1. The Bertz CT molecular complexity index is 632. The Balaban J connectivity index is 2.17. The molecule has 2 atom stereocenters. The number of aromatic hydroxyl groups is 1. The third kappa shape index (κ3) is 1.55. The summed E-state index contributed by atoms with van der Waals surface area (Å²) in [5.41, 5.74) is 2.89. The molecule has 1 aliphatic heterocycles. The first-order chi connectivity index (χ1) is 8.56. The van der Waals surface area contributed by atoms with Crippen molar-refractivity contribution in [1.29, 1.82) is 0 Å². The highest BCUT2D eigenvalue weighted by Crippen LogP contribution is 2.33. The number of carboxylic acid groups (broad SMARTS) is 1. The highest BCUT2D eigenvalue weighted by molar-refractivity contribution is 5.87. The van der Waals surface area contributed by atoms with E-state index in [1.54, 1.807) is 12.1 Å². The van der Waals surface area contributed by atoms with E-state index >= 15 is 0 Å². The molecule has 0 amide bonds. The Hall–Kier alpha value is -2.01. The minimum absolute atomic E-state index is 0.0376. The number of phenols is 1. The summed E-state index contributed by atoms with van der Waals surface area (Å²) in [5.74, 6) is -0.628. The molecular weight excluding hydrogens is 232 g/mol. The summed E-state index contributed by atoms with van der Waals surface area (Å²) in [7, 11) is 0. The van der Waals surface area contributed by atoms with Crippen LogP contribution in [0, 0.1) is 0 Å². The van der Waals surface area contributed by atoms with Crippen molar-refractivity contribution in [3.63, 3.8) is 0 Å². The largest absolute Gasteiger partial charge is 0.508 e. The number of hydrogen-bond acceptors (Lipinski definition) is 3. The second-order valence-corrected chi connectivity index (χ2v) is 4.73. The van der Waals surface area contributed by atoms with E-state index in [1.807, 2.05) is 13.0 Å². The zero-order valence-electron chi connectivity index (χ0n) is 9.90. The normalized spacial score (nSPS) is 22.9. The Kier molecular flexibility index (Phi) is 2.31. The third-order valence-corrected chi connectivity index (χ3v) is 3.51. The molecule has 3 rings (SSSR count). The van der Waals surface area contributed by atoms with Gasteiger partial charge in [-0.3, -0.25) is 10.1 Å². The van der Waals surface area contributed by atoms with E-state index in [0.29, 0.717) is 6.42 Å². The summed E-state index contributed by atoms with van der Waals surface area (Å²) in [5, 5.41) is 22.6. The average molecular weight is 246 g/mol. The van der Waals surface area contributed by atoms with Crippen molar-refractivity contribution in [3.05, 3.63) is 29.5 Å². The molecule has 5 nitrogen and oxygen atoms in total. The summed E-state index contributed by atoms with van der Waals surface area (Å²) in [6.45, 7) is 1.93. The Morgan fingerprint density at radius 3 is 2.94 bits per heavy atom. The van der Waals surface area contributed by atoms with Crippen LogP contribution >= 0.6 is 0 Å². The Morgan fingerprint density at radius 2 is 2.22 bits per heavy atom. The van der Waals surface area contributed by atoms with Crippen LogP contribution in [0.15, 0.2) is 18.2 Å². The van der Waals surface area contributed by atoms with Crippen LogP contribution in [-0.2, 0) is 11.2 Å². The highest BCUT2D eigenvalue weighted by Gasteiger charge is 2.30. The molecule has 1 aromatic carbocycles. The maximum Gasteiger partial charge on any atom is 0.321 e. The summed E-state index contributed by atoms with van der Waals surface area (Å²) >= 11 is 0. The second-order valence-electron chi connectivity index (χ2n) is 4.73. The van der Waals surface area contributed by atoms with Crippen LogP contribution in [0.4, 0.5) is 0 Å². The first kappa shape index (κ1) is 11.1. The van der Waals surface area contributed by atoms with Crippen molar-refractivity contribution in [1.82, 2.24) is 10.3 Å². The number of rotatable bonds is 1. The van der Waals surface area contributed by atoms with Crippen molar-refractivity contribution >= 4 is 16.9 Å². The van der Waals surface area contributed by atoms with Gasteiger partial charge < -0.3 is 15.2 Å². The summed E-state index contributed by atoms with van der Waals surface area (Å²) < 4.78 is 0. The average Bonchev–Trinajstić information content (AvgIpc) is 2.67.